The highest BCUT2D eigenvalue weighted by Gasteiger charge is 2.11. The molecule has 4 N–H and O–H groups in total. The topological polar surface area (TPSA) is 96.7 Å². The van der Waals surface area contributed by atoms with E-state index in [4.69, 9.17) is 10.5 Å². The van der Waals surface area contributed by atoms with Crippen LogP contribution in [0.2, 0.25) is 0 Å². The molecule has 0 aliphatic carbocycles. The molecular formula is C22H30Cl2N4O3. The first-order valence-corrected chi connectivity index (χ1v) is 9.93. The van der Waals surface area contributed by atoms with Crippen LogP contribution in [0.15, 0.2) is 48.5 Å². The van der Waals surface area contributed by atoms with Gasteiger partial charge in [0, 0.05) is 49.5 Å². The molecule has 0 aromatic heterocycles. The fourth-order valence-electron chi connectivity index (χ4n) is 3.19. The SMILES string of the molecule is Cl.Cl.Nc1ccccc1CCC(=O)Nc1ccc(C(=O)NCCN2CCOCC2)cc1. The molecule has 170 valence electrons. The minimum absolute atomic E-state index is 0. The standard InChI is InChI=1S/C22H28N4O3.2ClH/c23-20-4-2-1-3-17(20)7-10-21(27)25-19-8-5-18(6-9-19)22(28)24-11-12-26-13-15-29-16-14-26;;/h1-6,8-9H,7,10-16,23H2,(H,24,28)(H,25,27);2*1H. The van der Waals surface area contributed by atoms with Gasteiger partial charge in [0.1, 0.15) is 0 Å². The molecule has 0 saturated carbocycles. The Hall–Kier alpha value is -2.32. The number of rotatable bonds is 8. The highest BCUT2D eigenvalue weighted by molar-refractivity contribution is 5.95. The van der Waals surface area contributed by atoms with Crippen LogP contribution in [0.25, 0.3) is 0 Å². The second-order valence-electron chi connectivity index (χ2n) is 7.03. The normalized spacial score (nSPS) is 13.4. The number of hydrogen-bond donors (Lipinski definition) is 3. The number of aryl methyl sites for hydroxylation is 1. The number of hydrogen-bond acceptors (Lipinski definition) is 5. The van der Waals surface area contributed by atoms with Crippen molar-refractivity contribution < 1.29 is 14.3 Å². The quantitative estimate of drug-likeness (QED) is 0.517. The van der Waals surface area contributed by atoms with Gasteiger partial charge in [-0.1, -0.05) is 18.2 Å². The van der Waals surface area contributed by atoms with Gasteiger partial charge in [-0.3, -0.25) is 14.5 Å². The average molecular weight is 469 g/mol. The van der Waals surface area contributed by atoms with E-state index in [1.54, 1.807) is 24.3 Å². The van der Waals surface area contributed by atoms with Gasteiger partial charge in [0.25, 0.3) is 5.91 Å². The van der Waals surface area contributed by atoms with Gasteiger partial charge in [-0.15, -0.1) is 24.8 Å². The van der Waals surface area contributed by atoms with Crippen LogP contribution in [-0.2, 0) is 16.0 Å². The second-order valence-corrected chi connectivity index (χ2v) is 7.03. The Morgan fingerprint density at radius 1 is 1.00 bits per heavy atom. The van der Waals surface area contributed by atoms with Crippen molar-refractivity contribution in [2.75, 3.05) is 50.4 Å². The third-order valence-corrected chi connectivity index (χ3v) is 4.92. The van der Waals surface area contributed by atoms with Crippen molar-refractivity contribution in [3.63, 3.8) is 0 Å². The number of amides is 2. The maximum Gasteiger partial charge on any atom is 0.251 e. The molecule has 7 nitrogen and oxygen atoms in total. The zero-order chi connectivity index (χ0) is 20.5. The first-order valence-electron chi connectivity index (χ1n) is 9.93. The van der Waals surface area contributed by atoms with Crippen molar-refractivity contribution in [1.82, 2.24) is 10.2 Å². The van der Waals surface area contributed by atoms with Crippen molar-refractivity contribution >= 4 is 48.0 Å². The number of benzene rings is 2. The lowest BCUT2D eigenvalue weighted by Gasteiger charge is -2.26. The summed E-state index contributed by atoms with van der Waals surface area (Å²) in [6.45, 7) is 4.72. The molecule has 1 heterocycles. The molecule has 0 unspecified atom stereocenters. The molecule has 0 bridgehead atoms. The number of nitrogens with one attached hydrogen (secondary N) is 2. The zero-order valence-corrected chi connectivity index (χ0v) is 19.0. The van der Waals surface area contributed by atoms with Crippen LogP contribution in [0.3, 0.4) is 0 Å². The van der Waals surface area contributed by atoms with Crippen molar-refractivity contribution in [2.24, 2.45) is 0 Å². The molecule has 1 fully saturated rings. The predicted octanol–water partition coefficient (Wildman–Crippen LogP) is 2.75. The van der Waals surface area contributed by atoms with Gasteiger partial charge in [-0.2, -0.15) is 0 Å². The van der Waals surface area contributed by atoms with Gasteiger partial charge >= 0.3 is 0 Å². The van der Waals surface area contributed by atoms with Gasteiger partial charge in [0.2, 0.25) is 5.91 Å². The first-order chi connectivity index (χ1) is 14.1. The lowest BCUT2D eigenvalue weighted by Crippen LogP contribution is -2.41. The van der Waals surface area contributed by atoms with Crippen LogP contribution in [0, 0.1) is 0 Å². The van der Waals surface area contributed by atoms with Crippen molar-refractivity contribution in [3.8, 4) is 0 Å². The van der Waals surface area contributed by atoms with E-state index in [0.717, 1.165) is 38.4 Å². The molecule has 31 heavy (non-hydrogen) atoms. The molecule has 2 aromatic carbocycles. The molecular weight excluding hydrogens is 439 g/mol. The Kier molecular flexibility index (Phi) is 12.0. The van der Waals surface area contributed by atoms with E-state index in [1.807, 2.05) is 24.3 Å². The molecule has 9 heteroatoms. The summed E-state index contributed by atoms with van der Waals surface area (Å²) in [4.78, 5) is 26.7. The number of ether oxygens (including phenoxy) is 1. The summed E-state index contributed by atoms with van der Waals surface area (Å²) in [6.07, 6.45) is 0.931. The smallest absolute Gasteiger partial charge is 0.251 e. The zero-order valence-electron chi connectivity index (χ0n) is 17.3. The van der Waals surface area contributed by atoms with Gasteiger partial charge in [-0.25, -0.2) is 0 Å². The molecule has 1 aliphatic rings. The lowest BCUT2D eigenvalue weighted by molar-refractivity contribution is -0.116. The van der Waals surface area contributed by atoms with E-state index in [1.165, 1.54) is 0 Å². The molecule has 1 aliphatic heterocycles. The van der Waals surface area contributed by atoms with Crippen molar-refractivity contribution in [3.05, 3.63) is 59.7 Å². The van der Waals surface area contributed by atoms with Crippen LogP contribution >= 0.6 is 24.8 Å². The summed E-state index contributed by atoms with van der Waals surface area (Å²) in [6, 6.07) is 14.5. The summed E-state index contributed by atoms with van der Waals surface area (Å²) in [5.74, 6) is -0.202. The largest absolute Gasteiger partial charge is 0.399 e. The summed E-state index contributed by atoms with van der Waals surface area (Å²) >= 11 is 0. The van der Waals surface area contributed by atoms with Crippen LogP contribution in [-0.4, -0.2) is 56.1 Å². The molecule has 2 aromatic rings. The maximum atomic E-state index is 12.3. The summed E-state index contributed by atoms with van der Waals surface area (Å²) in [5, 5.41) is 5.78. The Morgan fingerprint density at radius 3 is 2.35 bits per heavy atom. The number of nitrogens with zero attached hydrogens (tertiary/aromatic N) is 1. The van der Waals surface area contributed by atoms with E-state index in [-0.39, 0.29) is 36.6 Å². The summed E-state index contributed by atoms with van der Waals surface area (Å²) < 4.78 is 5.31. The minimum Gasteiger partial charge on any atom is -0.399 e. The number of carbonyl (C=O) groups excluding carboxylic acids is 2. The fraction of sp³-hybridized carbons (Fsp3) is 0.364. The number of carbonyl (C=O) groups is 2. The van der Waals surface area contributed by atoms with E-state index >= 15 is 0 Å². The third kappa shape index (κ3) is 8.75. The molecule has 1 saturated heterocycles. The van der Waals surface area contributed by atoms with E-state index in [9.17, 15) is 9.59 Å². The number of para-hydroxylation sites is 1. The fourth-order valence-corrected chi connectivity index (χ4v) is 3.19. The minimum atomic E-state index is -0.115. The van der Waals surface area contributed by atoms with Crippen LogP contribution in [0.4, 0.5) is 11.4 Å². The van der Waals surface area contributed by atoms with Gasteiger partial charge in [0.15, 0.2) is 0 Å². The highest BCUT2D eigenvalue weighted by Crippen LogP contribution is 2.14. The third-order valence-electron chi connectivity index (χ3n) is 4.92. The molecule has 2 amide bonds. The molecule has 3 rings (SSSR count). The van der Waals surface area contributed by atoms with Gasteiger partial charge in [-0.05, 0) is 42.3 Å². The molecule has 0 spiro atoms. The van der Waals surface area contributed by atoms with Gasteiger partial charge < -0.3 is 21.1 Å². The Morgan fingerprint density at radius 2 is 1.68 bits per heavy atom. The van der Waals surface area contributed by atoms with Crippen LogP contribution < -0.4 is 16.4 Å². The predicted molar refractivity (Wildman–Crippen MR) is 128 cm³/mol. The number of nitrogen functional groups attached to an aromatic ring is 1. The number of halogens is 2. The van der Waals surface area contributed by atoms with Crippen molar-refractivity contribution in [1.29, 1.82) is 0 Å². The number of morpholine rings is 1. The highest BCUT2D eigenvalue weighted by atomic mass is 35.5. The average Bonchev–Trinajstić information content (AvgIpc) is 2.74. The maximum absolute atomic E-state index is 12.3. The van der Waals surface area contributed by atoms with E-state index < -0.39 is 0 Å². The van der Waals surface area contributed by atoms with E-state index in [2.05, 4.69) is 15.5 Å². The molecule has 0 atom stereocenters. The lowest BCUT2D eigenvalue weighted by atomic mass is 10.1. The molecule has 0 radical (unpaired) electrons. The first kappa shape index (κ1) is 26.7. The summed E-state index contributed by atoms with van der Waals surface area (Å²) in [5.41, 5.74) is 8.81. The number of nitrogens with two attached hydrogens (primary N) is 1. The number of anilines is 2. The van der Waals surface area contributed by atoms with E-state index in [0.29, 0.717) is 36.3 Å². The Balaban J connectivity index is 0.00000240. The second kappa shape index (κ2) is 13.9. The van der Waals surface area contributed by atoms with Crippen LogP contribution in [0.1, 0.15) is 22.3 Å². The summed E-state index contributed by atoms with van der Waals surface area (Å²) in [7, 11) is 0. The van der Waals surface area contributed by atoms with Gasteiger partial charge in [0.05, 0.1) is 13.2 Å². The monoisotopic (exact) mass is 468 g/mol. The van der Waals surface area contributed by atoms with Crippen LogP contribution in [0.5, 0.6) is 0 Å². The Labute approximate surface area is 195 Å². The van der Waals surface area contributed by atoms with Crippen molar-refractivity contribution in [2.45, 2.75) is 12.8 Å². The Bertz CT molecular complexity index is 828.